The van der Waals surface area contributed by atoms with Crippen molar-refractivity contribution in [2.45, 2.75) is 135 Å². The summed E-state index contributed by atoms with van der Waals surface area (Å²) >= 11 is 0. The fraction of sp³-hybridized carbons (Fsp3) is 0.509. The van der Waals surface area contributed by atoms with Crippen LogP contribution in [0.2, 0.25) is 0 Å². The molecular formula is C57H76N14O11S4. The number of benzene rings is 1. The van der Waals surface area contributed by atoms with Crippen LogP contribution in [-0.4, -0.2) is 196 Å². The quantitative estimate of drug-likeness (QED) is 0.0289. The molecule has 3 aliphatic heterocycles. The number of aromatic amines is 1. The topological polar surface area (TPSA) is 355 Å². The van der Waals surface area contributed by atoms with E-state index >= 15 is 0 Å². The molecule has 9 amide bonds. The molecule has 7 rings (SSSR count). The number of nitrogens with one attached hydrogen (secondary N) is 7. The second kappa shape index (κ2) is 33.8. The van der Waals surface area contributed by atoms with Crippen LogP contribution < -0.4 is 43.4 Å². The zero-order chi connectivity index (χ0) is 61.5. The molecule has 0 spiro atoms. The van der Waals surface area contributed by atoms with Crippen LogP contribution in [0, 0.1) is 0 Å². The first kappa shape index (κ1) is 66.6. The maximum Gasteiger partial charge on any atom is 0.329 e. The van der Waals surface area contributed by atoms with Crippen molar-refractivity contribution in [1.82, 2.24) is 61.6 Å². The maximum atomic E-state index is 14.8. The lowest BCUT2D eigenvalue weighted by Gasteiger charge is -2.30. The van der Waals surface area contributed by atoms with Crippen molar-refractivity contribution in [1.29, 1.82) is 0 Å². The van der Waals surface area contributed by atoms with Crippen LogP contribution in [0.3, 0.4) is 0 Å². The van der Waals surface area contributed by atoms with Gasteiger partial charge in [0.15, 0.2) is 6.61 Å². The predicted octanol–water partition coefficient (Wildman–Crippen LogP) is 1.57. The number of amides is 9. The molecule has 8 atom stereocenters. The van der Waals surface area contributed by atoms with Crippen molar-refractivity contribution in [3.05, 3.63) is 84.8 Å². The van der Waals surface area contributed by atoms with Crippen LogP contribution in [-0.2, 0) is 59.1 Å². The zero-order valence-corrected chi connectivity index (χ0v) is 51.3. The Labute approximate surface area is 514 Å². The third-order valence-electron chi connectivity index (χ3n) is 14.6. The van der Waals surface area contributed by atoms with Crippen LogP contribution in [0.25, 0.3) is 10.9 Å². The Kier molecular flexibility index (Phi) is 26.2. The summed E-state index contributed by atoms with van der Waals surface area (Å²) in [5.41, 5.74) is 13.4. The Hall–Kier alpha value is -6.92. The molecule has 0 saturated carbocycles. The molecule has 1 aromatic carbocycles. The van der Waals surface area contributed by atoms with E-state index in [1.54, 1.807) is 42.9 Å². The number of nitrogens with zero attached hydrogens (tertiary/aromatic N) is 5. The second-order valence-corrected chi connectivity index (χ2v) is 26.1. The van der Waals surface area contributed by atoms with E-state index in [0.717, 1.165) is 15.9 Å². The highest BCUT2D eigenvalue weighted by Gasteiger charge is 2.41. The van der Waals surface area contributed by atoms with Crippen LogP contribution >= 0.6 is 43.2 Å². The third kappa shape index (κ3) is 20.1. The number of fused-ring (bicyclic) bond motifs is 2. The number of rotatable bonds is 23. The number of para-hydroxylation sites is 1. The molecule has 3 aliphatic rings. The van der Waals surface area contributed by atoms with Gasteiger partial charge >= 0.3 is 5.97 Å². The van der Waals surface area contributed by atoms with Gasteiger partial charge < -0.3 is 67.8 Å². The minimum absolute atomic E-state index is 0.0532. The van der Waals surface area contributed by atoms with Gasteiger partial charge in [-0.1, -0.05) is 51.9 Å². The molecule has 0 aliphatic carbocycles. The van der Waals surface area contributed by atoms with E-state index < -0.39 is 120 Å². The number of pyridine rings is 2. The number of unbranched alkanes of at least 4 members (excludes halogenated alkanes) is 2. The fourth-order valence-electron chi connectivity index (χ4n) is 10.1. The molecule has 11 N–H and O–H groups in total. The van der Waals surface area contributed by atoms with Crippen molar-refractivity contribution in [3.8, 4) is 0 Å². The van der Waals surface area contributed by atoms with Crippen LogP contribution in [0.15, 0.2) is 89.3 Å². The second-order valence-electron chi connectivity index (χ2n) is 21.3. The van der Waals surface area contributed by atoms with Gasteiger partial charge in [-0.2, -0.15) is 0 Å². The van der Waals surface area contributed by atoms with E-state index in [9.17, 15) is 47.9 Å². The molecule has 29 heteroatoms. The highest BCUT2D eigenvalue weighted by molar-refractivity contribution is 8.77. The smallest absolute Gasteiger partial charge is 0.329 e. The minimum Gasteiger partial charge on any atom is -0.454 e. The Morgan fingerprint density at radius 3 is 2.08 bits per heavy atom. The van der Waals surface area contributed by atoms with Crippen molar-refractivity contribution in [2.24, 2.45) is 11.5 Å². The highest BCUT2D eigenvalue weighted by Crippen LogP contribution is 2.31. The van der Waals surface area contributed by atoms with Gasteiger partial charge in [-0.15, -0.1) is 0 Å². The first-order valence-corrected chi connectivity index (χ1v) is 33.3. The van der Waals surface area contributed by atoms with E-state index in [2.05, 4.69) is 46.9 Å². The first-order valence-electron chi connectivity index (χ1n) is 28.7. The molecule has 6 heterocycles. The molecule has 3 fully saturated rings. The van der Waals surface area contributed by atoms with Crippen LogP contribution in [0.4, 0.5) is 0 Å². The molecule has 4 aromatic rings. The Balaban J connectivity index is 1.18. The molecule has 25 nitrogen and oxygen atoms in total. The van der Waals surface area contributed by atoms with Gasteiger partial charge in [0, 0.05) is 67.1 Å². The number of cyclic esters (lactones) is 1. The summed E-state index contributed by atoms with van der Waals surface area (Å²) in [4.78, 5) is 158. The number of hydrogen-bond donors (Lipinski definition) is 9. The number of likely N-dealkylation sites (tertiary alicyclic amines) is 1. The van der Waals surface area contributed by atoms with E-state index in [-0.39, 0.29) is 63.9 Å². The molecule has 1 unspecified atom stereocenters. The fourth-order valence-corrected chi connectivity index (χ4v) is 14.2. The van der Waals surface area contributed by atoms with Gasteiger partial charge in [0.2, 0.25) is 47.3 Å². The summed E-state index contributed by atoms with van der Waals surface area (Å²) in [5, 5.41) is 18.7. The molecule has 0 radical (unpaired) electrons. The number of esters is 1. The van der Waals surface area contributed by atoms with E-state index in [1.807, 2.05) is 55.4 Å². The van der Waals surface area contributed by atoms with Gasteiger partial charge in [-0.05, 0) is 142 Å². The normalized spacial score (nSPS) is 22.6. The summed E-state index contributed by atoms with van der Waals surface area (Å²) in [6, 6.07) is 8.00. The van der Waals surface area contributed by atoms with Gasteiger partial charge in [0.25, 0.3) is 5.91 Å². The highest BCUT2D eigenvalue weighted by atomic mass is 33.1. The lowest BCUT2D eigenvalue weighted by atomic mass is 10.0. The number of primary amides is 1. The van der Waals surface area contributed by atoms with E-state index in [0.29, 0.717) is 55.0 Å². The number of ether oxygens (including phenoxy) is 1. The summed E-state index contributed by atoms with van der Waals surface area (Å²) in [6.45, 7) is 0.173. The van der Waals surface area contributed by atoms with Gasteiger partial charge in [-0.25, -0.2) is 14.8 Å². The van der Waals surface area contributed by atoms with E-state index in [4.69, 9.17) is 16.2 Å². The first-order chi connectivity index (χ1) is 41.4. The number of carbonyl (C=O) groups is 10. The van der Waals surface area contributed by atoms with Gasteiger partial charge in [0.1, 0.15) is 52.3 Å². The Morgan fingerprint density at radius 1 is 0.744 bits per heavy atom. The zero-order valence-electron chi connectivity index (χ0n) is 48.1. The van der Waals surface area contributed by atoms with Crippen molar-refractivity contribution < 1.29 is 52.7 Å². The average molecular weight is 1260 g/mol. The van der Waals surface area contributed by atoms with Crippen molar-refractivity contribution >= 4 is 113 Å². The molecule has 86 heavy (non-hydrogen) atoms. The maximum absolute atomic E-state index is 14.8. The SMILES string of the molecule is CN(C)CCCC[C@@H]1NC(=O)[C@H](CSSc2ccccn2)NC(=O)C[C@@H](C(=O)N2CCC[C@H]2C(N)=O)NC(=O)[C@H](CCCCNC(=O)[C@@H](N)CSSc2ccccn2)NC(=O)[C@@H]2CCCN2C(=O)COC(=O)C(Cc2c[nH]c3ccccc23)NC1=O. The van der Waals surface area contributed by atoms with Crippen molar-refractivity contribution in [2.75, 3.05) is 58.4 Å². The lowest BCUT2D eigenvalue weighted by Crippen LogP contribution is -2.60. The number of H-pyrrole nitrogens is 1. The minimum atomic E-state index is -1.67. The molecule has 3 saturated heterocycles. The molecule has 3 aromatic heterocycles. The van der Waals surface area contributed by atoms with Crippen LogP contribution in [0.1, 0.15) is 76.2 Å². The largest absolute Gasteiger partial charge is 0.454 e. The molecular weight excluding hydrogens is 1180 g/mol. The van der Waals surface area contributed by atoms with E-state index in [1.165, 1.54) is 53.0 Å². The summed E-state index contributed by atoms with van der Waals surface area (Å²) in [7, 11) is 8.96. The monoisotopic (exact) mass is 1260 g/mol. The lowest BCUT2D eigenvalue weighted by molar-refractivity contribution is -0.155. The predicted molar refractivity (Wildman–Crippen MR) is 328 cm³/mol. The van der Waals surface area contributed by atoms with Crippen molar-refractivity contribution in [3.63, 3.8) is 0 Å². The number of hydrogen-bond acceptors (Lipinski definition) is 19. The van der Waals surface area contributed by atoms with Gasteiger partial charge in [0.05, 0.1) is 12.5 Å². The van der Waals surface area contributed by atoms with Gasteiger partial charge in [-0.3, -0.25) is 43.2 Å². The summed E-state index contributed by atoms with van der Waals surface area (Å²) < 4.78 is 5.70. The Morgan fingerprint density at radius 2 is 1.38 bits per heavy atom. The number of nitrogens with two attached hydrogens (primary N) is 2. The summed E-state index contributed by atoms with van der Waals surface area (Å²) in [6.07, 6.45) is 6.95. The number of carbonyl (C=O) groups excluding carboxylic acids is 10. The Bertz CT molecular complexity index is 2980. The average Bonchev–Trinajstić information content (AvgIpc) is 4.03. The molecule has 0 bridgehead atoms. The summed E-state index contributed by atoms with van der Waals surface area (Å²) in [5.74, 6) is -7.52. The van der Waals surface area contributed by atoms with Crippen LogP contribution in [0.5, 0.6) is 0 Å². The number of aromatic nitrogens is 3. The standard InChI is InChI=1S/C57H76N14O11S4/c1-69(2)26-12-8-18-39-53(77)68-42(29-35-31-63-38-16-4-3-15-36(35)38)57(81)82-32-49(73)70-27-14-20-45(70)55(79)66-40(17-5-9-25-62-51(75)37(58)33-83-85-47-21-6-10-23-60-47)52(76)67-41(56(80)71-28-13-19-44(71)50(59)74)30-46(72)64-43(54(78)65-39)34-84-86-48-22-7-11-24-61-48/h3-4,6-7,10-11,15-16,21-24,31,37,39-45,63H,5,8-9,12-14,17-20,25-30,32-34,58H2,1-2H3,(H2,59,74)(H,62,75)(H,64,72)(H,65,78)(H,66,79)(H,67,76)(H,68,77)/t37-,39-,40-,41-,42?,43-,44-,45-/m0/s1. The molecule has 464 valence electrons. The third-order valence-corrected chi connectivity index (χ3v) is 19.2.